The molecular weight excluding hydrogens is 290 g/mol. The van der Waals surface area contributed by atoms with Gasteiger partial charge in [0, 0.05) is 19.7 Å². The van der Waals surface area contributed by atoms with Gasteiger partial charge in [0.2, 0.25) is 0 Å². The highest BCUT2D eigenvalue weighted by Crippen LogP contribution is 2.46. The lowest BCUT2D eigenvalue weighted by molar-refractivity contribution is 0.0299. The fraction of sp³-hybridized carbons (Fsp3) is 0.632. The summed E-state index contributed by atoms with van der Waals surface area (Å²) < 4.78 is 5.43. The molecule has 0 aromatic heterocycles. The molecule has 1 spiro atoms. The van der Waals surface area contributed by atoms with Crippen molar-refractivity contribution in [2.75, 3.05) is 19.7 Å². The van der Waals surface area contributed by atoms with E-state index in [-0.39, 0.29) is 6.09 Å². The summed E-state index contributed by atoms with van der Waals surface area (Å²) in [4.78, 5) is 14.1. The van der Waals surface area contributed by atoms with E-state index in [0.717, 1.165) is 44.3 Å². The van der Waals surface area contributed by atoms with Crippen LogP contribution in [0.25, 0.3) is 0 Å². The van der Waals surface area contributed by atoms with Crippen molar-refractivity contribution < 1.29 is 14.6 Å². The third kappa shape index (κ3) is 4.05. The predicted molar refractivity (Wildman–Crippen MR) is 88.9 cm³/mol. The van der Waals surface area contributed by atoms with E-state index in [1.807, 2.05) is 35.2 Å². The average molecular weight is 317 g/mol. The average Bonchev–Trinajstić information content (AvgIpc) is 2.62. The van der Waals surface area contributed by atoms with Gasteiger partial charge in [0.1, 0.15) is 6.61 Å². The highest BCUT2D eigenvalue weighted by Gasteiger charge is 2.39. The Kier molecular flexibility index (Phi) is 5.21. The topological polar surface area (TPSA) is 49.8 Å². The Hall–Kier alpha value is -1.55. The van der Waals surface area contributed by atoms with Crippen molar-refractivity contribution in [3.8, 4) is 0 Å². The Labute approximate surface area is 138 Å². The second-order valence-electron chi connectivity index (χ2n) is 7.15. The molecule has 126 valence electrons. The van der Waals surface area contributed by atoms with Crippen LogP contribution in [0.15, 0.2) is 30.3 Å². The number of carbonyl (C=O) groups excluding carboxylic acids is 1. The van der Waals surface area contributed by atoms with Crippen LogP contribution in [0.2, 0.25) is 0 Å². The second kappa shape index (κ2) is 7.35. The van der Waals surface area contributed by atoms with E-state index >= 15 is 0 Å². The number of rotatable bonds is 3. The molecule has 1 aromatic rings. The summed E-state index contributed by atoms with van der Waals surface area (Å²) in [5.74, 6) is 0.495. The molecule has 1 amide bonds. The number of benzene rings is 1. The quantitative estimate of drug-likeness (QED) is 0.927. The first-order valence-electron chi connectivity index (χ1n) is 8.77. The molecule has 3 rings (SSSR count). The number of ether oxygens (including phenoxy) is 1. The number of hydrogen-bond acceptors (Lipinski definition) is 3. The lowest BCUT2D eigenvalue weighted by Gasteiger charge is -2.45. The van der Waals surface area contributed by atoms with Crippen LogP contribution in [0, 0.1) is 11.3 Å². The number of amides is 1. The summed E-state index contributed by atoms with van der Waals surface area (Å²) in [6.45, 7) is 2.28. The maximum Gasteiger partial charge on any atom is 0.410 e. The highest BCUT2D eigenvalue weighted by atomic mass is 16.6. The van der Waals surface area contributed by atoms with E-state index in [0.29, 0.717) is 24.5 Å². The summed E-state index contributed by atoms with van der Waals surface area (Å²) in [6, 6.07) is 9.81. The predicted octanol–water partition coefficient (Wildman–Crippen LogP) is 3.59. The third-order valence-corrected chi connectivity index (χ3v) is 5.71. The largest absolute Gasteiger partial charge is 0.445 e. The standard InChI is InChI=1S/C19H27NO3/c21-14-16-6-8-19(9-7-16)10-12-20(13-11-19)18(22)23-15-17-4-2-1-3-5-17/h1-5,16,21H,6-15H2. The Morgan fingerprint density at radius 3 is 2.39 bits per heavy atom. The van der Waals surface area contributed by atoms with Crippen molar-refractivity contribution >= 4 is 6.09 Å². The molecule has 23 heavy (non-hydrogen) atoms. The monoisotopic (exact) mass is 317 g/mol. The molecule has 1 aliphatic heterocycles. The van der Waals surface area contributed by atoms with Crippen molar-refractivity contribution in [2.24, 2.45) is 11.3 Å². The highest BCUT2D eigenvalue weighted by molar-refractivity contribution is 5.67. The summed E-state index contributed by atoms with van der Waals surface area (Å²) in [6.07, 6.45) is 6.63. The molecule has 1 saturated heterocycles. The van der Waals surface area contributed by atoms with Crippen LogP contribution in [0.1, 0.15) is 44.1 Å². The van der Waals surface area contributed by atoms with Crippen LogP contribution in [0.5, 0.6) is 0 Å². The number of likely N-dealkylation sites (tertiary alicyclic amines) is 1. The molecule has 4 heteroatoms. The Bertz CT molecular complexity index is 499. The van der Waals surface area contributed by atoms with Crippen molar-refractivity contribution in [1.82, 2.24) is 4.90 Å². The van der Waals surface area contributed by atoms with Gasteiger partial charge in [-0.15, -0.1) is 0 Å². The fourth-order valence-corrected chi connectivity index (χ4v) is 3.95. The van der Waals surface area contributed by atoms with Gasteiger partial charge in [0.25, 0.3) is 0 Å². The van der Waals surface area contributed by atoms with Gasteiger partial charge in [-0.3, -0.25) is 0 Å². The molecule has 1 heterocycles. The molecule has 0 bridgehead atoms. The van der Waals surface area contributed by atoms with Gasteiger partial charge in [-0.25, -0.2) is 4.79 Å². The van der Waals surface area contributed by atoms with Gasteiger partial charge < -0.3 is 14.7 Å². The summed E-state index contributed by atoms with van der Waals surface area (Å²) in [5.41, 5.74) is 1.43. The SMILES string of the molecule is O=C(OCc1ccccc1)N1CCC2(CCC(CO)CC2)CC1. The number of nitrogens with zero attached hydrogens (tertiary/aromatic N) is 1. The number of aliphatic hydroxyl groups excluding tert-OH is 1. The molecule has 1 saturated carbocycles. The maximum atomic E-state index is 12.2. The van der Waals surface area contributed by atoms with Crippen molar-refractivity contribution in [3.05, 3.63) is 35.9 Å². The number of piperidine rings is 1. The lowest BCUT2D eigenvalue weighted by atomic mass is 9.65. The zero-order chi connectivity index (χ0) is 16.1. The van der Waals surface area contributed by atoms with Crippen LogP contribution >= 0.6 is 0 Å². The molecule has 0 radical (unpaired) electrons. The summed E-state index contributed by atoms with van der Waals surface area (Å²) in [5, 5.41) is 9.28. The van der Waals surface area contributed by atoms with Crippen LogP contribution in [0.4, 0.5) is 4.79 Å². The first-order chi connectivity index (χ1) is 11.2. The van der Waals surface area contributed by atoms with Gasteiger partial charge in [0.15, 0.2) is 0 Å². The minimum atomic E-state index is -0.187. The Morgan fingerprint density at radius 1 is 1.13 bits per heavy atom. The van der Waals surface area contributed by atoms with Crippen LogP contribution in [-0.4, -0.2) is 35.8 Å². The normalized spacial score (nSPS) is 21.3. The Morgan fingerprint density at radius 2 is 1.78 bits per heavy atom. The van der Waals surface area contributed by atoms with Crippen LogP contribution < -0.4 is 0 Å². The molecule has 2 aliphatic rings. The number of hydrogen-bond donors (Lipinski definition) is 1. The number of aliphatic hydroxyl groups is 1. The minimum absolute atomic E-state index is 0.187. The van der Waals surface area contributed by atoms with Crippen LogP contribution in [-0.2, 0) is 11.3 Å². The van der Waals surface area contributed by atoms with E-state index in [2.05, 4.69) is 0 Å². The first-order valence-corrected chi connectivity index (χ1v) is 8.77. The zero-order valence-corrected chi connectivity index (χ0v) is 13.7. The third-order valence-electron chi connectivity index (χ3n) is 5.71. The molecule has 0 unspecified atom stereocenters. The van der Waals surface area contributed by atoms with Gasteiger partial charge >= 0.3 is 6.09 Å². The number of carbonyl (C=O) groups is 1. The van der Waals surface area contributed by atoms with E-state index < -0.39 is 0 Å². The van der Waals surface area contributed by atoms with Gasteiger partial charge in [-0.2, -0.15) is 0 Å². The van der Waals surface area contributed by atoms with Gasteiger partial charge in [0.05, 0.1) is 0 Å². The molecule has 4 nitrogen and oxygen atoms in total. The van der Waals surface area contributed by atoms with E-state index in [1.54, 1.807) is 0 Å². The van der Waals surface area contributed by atoms with E-state index in [1.165, 1.54) is 12.8 Å². The molecular formula is C19H27NO3. The first kappa shape index (κ1) is 16.3. The zero-order valence-electron chi connectivity index (χ0n) is 13.7. The van der Waals surface area contributed by atoms with Gasteiger partial charge in [-0.1, -0.05) is 30.3 Å². The molecule has 0 atom stereocenters. The Balaban J connectivity index is 1.44. The minimum Gasteiger partial charge on any atom is -0.445 e. The van der Waals surface area contributed by atoms with Gasteiger partial charge in [-0.05, 0) is 55.4 Å². The van der Waals surface area contributed by atoms with E-state index in [9.17, 15) is 9.90 Å². The summed E-state index contributed by atoms with van der Waals surface area (Å²) >= 11 is 0. The fourth-order valence-electron chi connectivity index (χ4n) is 3.95. The molecule has 1 aliphatic carbocycles. The van der Waals surface area contributed by atoms with Crippen LogP contribution in [0.3, 0.4) is 0 Å². The molecule has 1 N–H and O–H groups in total. The molecule has 2 fully saturated rings. The van der Waals surface area contributed by atoms with Crippen molar-refractivity contribution in [1.29, 1.82) is 0 Å². The smallest absolute Gasteiger partial charge is 0.410 e. The lowest BCUT2D eigenvalue weighted by Crippen LogP contribution is -2.44. The maximum absolute atomic E-state index is 12.2. The summed E-state index contributed by atoms with van der Waals surface area (Å²) in [7, 11) is 0. The van der Waals surface area contributed by atoms with E-state index in [4.69, 9.17) is 4.74 Å². The second-order valence-corrected chi connectivity index (χ2v) is 7.15. The molecule has 1 aromatic carbocycles. The van der Waals surface area contributed by atoms with Crippen molar-refractivity contribution in [2.45, 2.75) is 45.1 Å². The van der Waals surface area contributed by atoms with Crippen molar-refractivity contribution in [3.63, 3.8) is 0 Å².